The monoisotopic (exact) mass is 203 g/mol. The molecule has 2 atom stereocenters. The van der Waals surface area contributed by atoms with E-state index in [-0.39, 0.29) is 5.38 Å². The predicted octanol–water partition coefficient (Wildman–Crippen LogP) is 1.74. The van der Waals surface area contributed by atoms with Crippen molar-refractivity contribution in [1.29, 1.82) is 0 Å². The molecule has 1 aliphatic heterocycles. The quantitative estimate of drug-likeness (QED) is 0.652. The van der Waals surface area contributed by atoms with E-state index < -0.39 is 0 Å². The minimum absolute atomic E-state index is 0.267. The van der Waals surface area contributed by atoms with Gasteiger partial charge < -0.3 is 4.90 Å². The summed E-state index contributed by atoms with van der Waals surface area (Å²) in [5, 5.41) is 1.26. The van der Waals surface area contributed by atoms with Crippen molar-refractivity contribution in [2.45, 2.75) is 24.8 Å². The first-order valence-electron chi connectivity index (χ1n) is 3.95. The van der Waals surface area contributed by atoms with Crippen LogP contribution in [0.4, 0.5) is 5.13 Å². The fourth-order valence-electron chi connectivity index (χ4n) is 1.53. The van der Waals surface area contributed by atoms with Crippen LogP contribution in [0.2, 0.25) is 0 Å². The molecule has 0 bridgehead atoms. The molecule has 2 heterocycles. The van der Waals surface area contributed by atoms with Gasteiger partial charge in [0, 0.05) is 24.1 Å². The second kappa shape index (κ2) is 3.18. The van der Waals surface area contributed by atoms with Crippen molar-refractivity contribution >= 4 is 28.3 Å². The van der Waals surface area contributed by atoms with Crippen molar-refractivity contribution in [1.82, 2.24) is 9.36 Å². The Kier molecular flexibility index (Phi) is 2.19. The van der Waals surface area contributed by atoms with Crippen LogP contribution >= 0.6 is 23.1 Å². The van der Waals surface area contributed by atoms with E-state index in [0.29, 0.717) is 6.04 Å². The van der Waals surface area contributed by atoms with Gasteiger partial charge in [0.15, 0.2) is 0 Å². The molecule has 0 saturated carbocycles. The molecule has 0 radical (unpaired) electrons. The van der Waals surface area contributed by atoms with Crippen molar-refractivity contribution in [2.24, 2.45) is 0 Å². The Labute approximate surface area is 80.5 Å². The fraction of sp³-hybridized carbons (Fsp3) is 0.714. The Balaban J connectivity index is 2.15. The zero-order valence-corrected chi connectivity index (χ0v) is 8.35. The van der Waals surface area contributed by atoms with E-state index in [1.165, 1.54) is 11.5 Å². The molecule has 1 fully saturated rings. The van der Waals surface area contributed by atoms with E-state index in [1.807, 2.05) is 0 Å². The minimum atomic E-state index is 0.267. The smallest absolute Gasteiger partial charge is 0.205 e. The summed E-state index contributed by atoms with van der Waals surface area (Å²) in [6.45, 7) is 3.07. The average Bonchev–Trinajstić information content (AvgIpc) is 2.58. The van der Waals surface area contributed by atoms with Crippen LogP contribution in [0.25, 0.3) is 0 Å². The summed E-state index contributed by atoms with van der Waals surface area (Å²) in [5.41, 5.74) is 0. The lowest BCUT2D eigenvalue weighted by atomic mass is 10.2. The maximum Gasteiger partial charge on any atom is 0.205 e. The van der Waals surface area contributed by atoms with Crippen LogP contribution in [0.5, 0.6) is 0 Å². The molecule has 0 N–H and O–H groups in total. The van der Waals surface area contributed by atoms with Gasteiger partial charge in [-0.05, 0) is 13.3 Å². The minimum Gasteiger partial charge on any atom is -0.343 e. The molecule has 3 nitrogen and oxygen atoms in total. The molecule has 0 aliphatic carbocycles. The number of halogens is 1. The van der Waals surface area contributed by atoms with E-state index in [4.69, 9.17) is 11.6 Å². The van der Waals surface area contributed by atoms with Crippen LogP contribution < -0.4 is 4.90 Å². The first-order valence-corrected chi connectivity index (χ1v) is 5.15. The topological polar surface area (TPSA) is 29.0 Å². The third-order valence-corrected chi connectivity index (χ3v) is 3.14. The van der Waals surface area contributed by atoms with E-state index in [1.54, 1.807) is 6.33 Å². The summed E-state index contributed by atoms with van der Waals surface area (Å²) in [4.78, 5) is 6.38. The van der Waals surface area contributed by atoms with Crippen LogP contribution in [0.15, 0.2) is 6.33 Å². The average molecular weight is 204 g/mol. The summed E-state index contributed by atoms with van der Waals surface area (Å²) in [6.07, 6.45) is 2.63. The van der Waals surface area contributed by atoms with E-state index in [0.717, 1.165) is 18.1 Å². The summed E-state index contributed by atoms with van der Waals surface area (Å²) in [6, 6.07) is 0.500. The zero-order valence-electron chi connectivity index (χ0n) is 6.77. The molecule has 1 saturated heterocycles. The number of alkyl halides is 1. The highest BCUT2D eigenvalue weighted by molar-refractivity contribution is 7.09. The number of rotatable bonds is 1. The molecule has 5 heteroatoms. The Morgan fingerprint density at radius 2 is 2.58 bits per heavy atom. The van der Waals surface area contributed by atoms with Gasteiger partial charge in [-0.1, -0.05) is 0 Å². The Bertz CT molecular complexity index is 251. The number of hydrogen-bond donors (Lipinski definition) is 0. The Morgan fingerprint density at radius 3 is 3.08 bits per heavy atom. The first-order chi connectivity index (χ1) is 5.77. The second-order valence-electron chi connectivity index (χ2n) is 3.06. The highest BCUT2D eigenvalue weighted by Gasteiger charge is 2.29. The third-order valence-electron chi connectivity index (χ3n) is 2.12. The SMILES string of the molecule is CC1CC(Cl)CN1c1ncns1. The van der Waals surface area contributed by atoms with Gasteiger partial charge in [0.25, 0.3) is 0 Å². The standard InChI is InChI=1S/C7H10ClN3S/c1-5-2-6(8)3-11(5)7-9-4-10-12-7/h4-6H,2-3H2,1H3. The van der Waals surface area contributed by atoms with Crippen LogP contribution in [0, 0.1) is 0 Å². The Morgan fingerprint density at radius 1 is 1.75 bits per heavy atom. The lowest BCUT2D eigenvalue weighted by Crippen LogP contribution is -2.26. The first kappa shape index (κ1) is 8.26. The third kappa shape index (κ3) is 1.41. The summed E-state index contributed by atoms with van der Waals surface area (Å²) in [5.74, 6) is 0. The zero-order chi connectivity index (χ0) is 8.55. The van der Waals surface area contributed by atoms with Crippen molar-refractivity contribution in [3.8, 4) is 0 Å². The molecule has 2 rings (SSSR count). The summed E-state index contributed by atoms with van der Waals surface area (Å²) in [7, 11) is 0. The van der Waals surface area contributed by atoms with Gasteiger partial charge in [0.05, 0.1) is 5.38 Å². The van der Waals surface area contributed by atoms with Crippen molar-refractivity contribution < 1.29 is 0 Å². The van der Waals surface area contributed by atoms with Crippen LogP contribution in [-0.2, 0) is 0 Å². The second-order valence-corrected chi connectivity index (χ2v) is 4.43. The molecule has 0 aromatic carbocycles. The maximum absolute atomic E-state index is 6.03. The van der Waals surface area contributed by atoms with Crippen LogP contribution in [-0.4, -0.2) is 27.3 Å². The van der Waals surface area contributed by atoms with E-state index in [2.05, 4.69) is 21.2 Å². The van der Waals surface area contributed by atoms with Gasteiger partial charge in [-0.15, -0.1) is 11.6 Å². The van der Waals surface area contributed by atoms with Gasteiger partial charge in [0.2, 0.25) is 5.13 Å². The molecule has 2 unspecified atom stereocenters. The number of hydrogen-bond acceptors (Lipinski definition) is 4. The largest absolute Gasteiger partial charge is 0.343 e. The number of aromatic nitrogens is 2. The molecule has 66 valence electrons. The van der Waals surface area contributed by atoms with Gasteiger partial charge in [-0.3, -0.25) is 0 Å². The van der Waals surface area contributed by atoms with Gasteiger partial charge >= 0.3 is 0 Å². The number of anilines is 1. The molecule has 12 heavy (non-hydrogen) atoms. The van der Waals surface area contributed by atoms with E-state index in [9.17, 15) is 0 Å². The molecule has 1 aliphatic rings. The van der Waals surface area contributed by atoms with Crippen molar-refractivity contribution in [3.05, 3.63) is 6.33 Å². The molecule has 1 aromatic rings. The molecule has 0 spiro atoms. The number of nitrogens with zero attached hydrogens (tertiary/aromatic N) is 3. The molecular weight excluding hydrogens is 194 g/mol. The van der Waals surface area contributed by atoms with Gasteiger partial charge in [-0.2, -0.15) is 4.37 Å². The van der Waals surface area contributed by atoms with Crippen molar-refractivity contribution in [2.75, 3.05) is 11.4 Å². The molecule has 1 aromatic heterocycles. The van der Waals surface area contributed by atoms with Crippen LogP contribution in [0.3, 0.4) is 0 Å². The maximum atomic E-state index is 6.03. The van der Waals surface area contributed by atoms with Gasteiger partial charge in [0.1, 0.15) is 6.33 Å². The summed E-state index contributed by atoms with van der Waals surface area (Å²) < 4.78 is 3.97. The van der Waals surface area contributed by atoms with Crippen LogP contribution in [0.1, 0.15) is 13.3 Å². The highest BCUT2D eigenvalue weighted by atomic mass is 35.5. The highest BCUT2D eigenvalue weighted by Crippen LogP contribution is 2.28. The normalized spacial score (nSPS) is 29.7. The fourth-order valence-corrected chi connectivity index (χ4v) is 2.57. The van der Waals surface area contributed by atoms with E-state index >= 15 is 0 Å². The Hall–Kier alpha value is -0.350. The lowest BCUT2D eigenvalue weighted by molar-refractivity contribution is 0.734. The predicted molar refractivity (Wildman–Crippen MR) is 51.0 cm³/mol. The lowest BCUT2D eigenvalue weighted by Gasteiger charge is -2.18. The molecule has 0 amide bonds. The van der Waals surface area contributed by atoms with Crippen molar-refractivity contribution in [3.63, 3.8) is 0 Å². The van der Waals surface area contributed by atoms with Gasteiger partial charge in [-0.25, -0.2) is 4.98 Å². The summed E-state index contributed by atoms with van der Waals surface area (Å²) >= 11 is 7.47. The molecular formula is C7H10ClN3S.